The molecule has 2 saturated carbocycles. The molecule has 0 unspecified atom stereocenters. The third kappa shape index (κ3) is 7.95. The fourth-order valence-corrected chi connectivity index (χ4v) is 2.46. The zero-order valence-electron chi connectivity index (χ0n) is 10.5. The van der Waals surface area contributed by atoms with E-state index in [1.165, 1.54) is 38.5 Å². The van der Waals surface area contributed by atoms with Crippen molar-refractivity contribution in [2.75, 3.05) is 0 Å². The molecule has 0 spiro atoms. The van der Waals surface area contributed by atoms with E-state index in [4.69, 9.17) is 10.4 Å². The van der Waals surface area contributed by atoms with Crippen molar-refractivity contribution in [2.45, 2.75) is 76.3 Å². The fraction of sp³-hybridized carbons (Fsp3) is 1.00. The molecule has 0 aliphatic heterocycles. The standard InChI is InChI=1S/2C6H13NO.ClH/c2*8-7-6-4-2-1-3-5-6;/h2*6-8H,1-5H2;1H. The van der Waals surface area contributed by atoms with Crippen molar-refractivity contribution in [2.24, 2.45) is 0 Å². The van der Waals surface area contributed by atoms with Crippen LogP contribution in [0.4, 0.5) is 0 Å². The lowest BCUT2D eigenvalue weighted by atomic mass is 9.96. The highest BCUT2D eigenvalue weighted by atomic mass is 35.5. The van der Waals surface area contributed by atoms with E-state index in [0.29, 0.717) is 12.1 Å². The van der Waals surface area contributed by atoms with Crippen molar-refractivity contribution in [1.29, 1.82) is 0 Å². The van der Waals surface area contributed by atoms with Crippen molar-refractivity contribution in [3.63, 3.8) is 0 Å². The highest BCUT2D eigenvalue weighted by molar-refractivity contribution is 5.85. The van der Waals surface area contributed by atoms with E-state index >= 15 is 0 Å². The Labute approximate surface area is 110 Å². The maximum atomic E-state index is 8.44. The van der Waals surface area contributed by atoms with Gasteiger partial charge in [-0.05, 0) is 25.7 Å². The molecule has 4 N–H and O–H groups in total. The Morgan fingerprint density at radius 1 is 0.588 bits per heavy atom. The topological polar surface area (TPSA) is 64.5 Å². The first-order valence-corrected chi connectivity index (χ1v) is 6.66. The van der Waals surface area contributed by atoms with E-state index in [2.05, 4.69) is 11.0 Å². The number of halogens is 1. The van der Waals surface area contributed by atoms with Crippen molar-refractivity contribution >= 4 is 12.4 Å². The van der Waals surface area contributed by atoms with E-state index in [0.717, 1.165) is 25.7 Å². The van der Waals surface area contributed by atoms with Gasteiger partial charge in [0, 0.05) is 12.1 Å². The summed E-state index contributed by atoms with van der Waals surface area (Å²) in [5.74, 6) is 0. The predicted molar refractivity (Wildman–Crippen MR) is 70.8 cm³/mol. The lowest BCUT2D eigenvalue weighted by molar-refractivity contribution is 0.107. The largest absolute Gasteiger partial charge is 0.317 e. The van der Waals surface area contributed by atoms with Gasteiger partial charge in [-0.25, -0.2) is 11.0 Å². The summed E-state index contributed by atoms with van der Waals surface area (Å²) in [5, 5.41) is 16.9. The number of hydrogen-bond acceptors (Lipinski definition) is 4. The second kappa shape index (κ2) is 11.2. The normalized spacial score (nSPS) is 22.2. The Hall–Kier alpha value is 0.130. The maximum absolute atomic E-state index is 8.44. The van der Waals surface area contributed by atoms with Gasteiger partial charge < -0.3 is 10.4 Å². The highest BCUT2D eigenvalue weighted by Gasteiger charge is 2.11. The van der Waals surface area contributed by atoms with Gasteiger partial charge in [-0.15, -0.1) is 12.4 Å². The van der Waals surface area contributed by atoms with E-state index in [9.17, 15) is 0 Å². The van der Waals surface area contributed by atoms with Crippen LogP contribution in [0.25, 0.3) is 0 Å². The van der Waals surface area contributed by atoms with Gasteiger partial charge in [-0.3, -0.25) is 0 Å². The molecular formula is C12H27ClN2O2. The van der Waals surface area contributed by atoms with E-state index < -0.39 is 0 Å². The van der Waals surface area contributed by atoms with Gasteiger partial charge in [0.05, 0.1) is 0 Å². The van der Waals surface area contributed by atoms with Gasteiger partial charge in [-0.1, -0.05) is 38.5 Å². The van der Waals surface area contributed by atoms with Crippen LogP contribution in [0.2, 0.25) is 0 Å². The van der Waals surface area contributed by atoms with Gasteiger partial charge in [0.25, 0.3) is 0 Å². The summed E-state index contributed by atoms with van der Waals surface area (Å²) in [6.07, 6.45) is 12.4. The van der Waals surface area contributed by atoms with Crippen molar-refractivity contribution in [3.8, 4) is 0 Å². The Balaban J connectivity index is 0.000000284. The van der Waals surface area contributed by atoms with Crippen LogP contribution >= 0.6 is 12.4 Å². The lowest BCUT2D eigenvalue weighted by Crippen LogP contribution is -2.27. The minimum Gasteiger partial charge on any atom is -0.317 e. The summed E-state index contributed by atoms with van der Waals surface area (Å²) in [4.78, 5) is 0. The third-order valence-corrected chi connectivity index (χ3v) is 3.58. The fourth-order valence-electron chi connectivity index (χ4n) is 2.46. The van der Waals surface area contributed by atoms with Crippen LogP contribution in [0.3, 0.4) is 0 Å². The van der Waals surface area contributed by atoms with E-state index in [1.807, 2.05) is 0 Å². The van der Waals surface area contributed by atoms with Crippen molar-refractivity contribution in [3.05, 3.63) is 0 Å². The molecule has 104 valence electrons. The molecule has 0 aromatic heterocycles. The van der Waals surface area contributed by atoms with Crippen LogP contribution in [0.5, 0.6) is 0 Å². The monoisotopic (exact) mass is 266 g/mol. The van der Waals surface area contributed by atoms with Crippen molar-refractivity contribution < 1.29 is 10.4 Å². The number of nitrogens with one attached hydrogen (secondary N) is 2. The summed E-state index contributed by atoms with van der Waals surface area (Å²) in [5.41, 5.74) is 4.61. The zero-order chi connectivity index (χ0) is 11.6. The number of rotatable bonds is 2. The molecule has 0 atom stereocenters. The summed E-state index contributed by atoms with van der Waals surface area (Å²) >= 11 is 0. The molecular weight excluding hydrogens is 240 g/mol. The maximum Gasteiger partial charge on any atom is 0.0319 e. The van der Waals surface area contributed by atoms with E-state index in [-0.39, 0.29) is 12.4 Å². The summed E-state index contributed by atoms with van der Waals surface area (Å²) in [6.45, 7) is 0. The van der Waals surface area contributed by atoms with Crippen LogP contribution in [0.1, 0.15) is 64.2 Å². The molecule has 0 aromatic rings. The Morgan fingerprint density at radius 2 is 0.882 bits per heavy atom. The van der Waals surface area contributed by atoms with Gasteiger partial charge >= 0.3 is 0 Å². The molecule has 0 amide bonds. The summed E-state index contributed by atoms with van der Waals surface area (Å²) in [7, 11) is 0. The lowest BCUT2D eigenvalue weighted by Gasteiger charge is -2.18. The molecule has 0 aromatic carbocycles. The Morgan fingerprint density at radius 3 is 1.06 bits per heavy atom. The number of hydroxylamine groups is 2. The van der Waals surface area contributed by atoms with Gasteiger partial charge in [-0.2, -0.15) is 0 Å². The molecule has 17 heavy (non-hydrogen) atoms. The second-order valence-electron chi connectivity index (χ2n) is 4.93. The van der Waals surface area contributed by atoms with Crippen LogP contribution in [-0.2, 0) is 0 Å². The van der Waals surface area contributed by atoms with Crippen LogP contribution in [0.15, 0.2) is 0 Å². The zero-order valence-corrected chi connectivity index (χ0v) is 11.3. The molecule has 0 bridgehead atoms. The predicted octanol–water partition coefficient (Wildman–Crippen LogP) is 3.02. The van der Waals surface area contributed by atoms with Crippen LogP contribution in [0, 0.1) is 0 Å². The molecule has 0 radical (unpaired) electrons. The summed E-state index contributed by atoms with van der Waals surface area (Å²) < 4.78 is 0. The molecule has 0 heterocycles. The average Bonchev–Trinajstić information content (AvgIpc) is 2.41. The van der Waals surface area contributed by atoms with E-state index in [1.54, 1.807) is 0 Å². The first-order chi connectivity index (χ1) is 7.86. The van der Waals surface area contributed by atoms with Crippen molar-refractivity contribution in [1.82, 2.24) is 11.0 Å². The first kappa shape index (κ1) is 17.1. The van der Waals surface area contributed by atoms with Crippen LogP contribution < -0.4 is 11.0 Å². The quantitative estimate of drug-likeness (QED) is 0.580. The number of hydrogen-bond donors (Lipinski definition) is 4. The minimum atomic E-state index is 0. The minimum absolute atomic E-state index is 0. The molecule has 2 aliphatic rings. The Bertz CT molecular complexity index is 143. The smallest absolute Gasteiger partial charge is 0.0319 e. The van der Waals surface area contributed by atoms with Gasteiger partial charge in [0.2, 0.25) is 0 Å². The molecule has 2 fully saturated rings. The average molecular weight is 267 g/mol. The summed E-state index contributed by atoms with van der Waals surface area (Å²) in [6, 6.07) is 0.785. The SMILES string of the molecule is Cl.ONC1CCCCC1.ONC1CCCCC1. The van der Waals surface area contributed by atoms with Gasteiger partial charge in [0.15, 0.2) is 0 Å². The molecule has 4 nitrogen and oxygen atoms in total. The molecule has 5 heteroatoms. The molecule has 0 saturated heterocycles. The second-order valence-corrected chi connectivity index (χ2v) is 4.93. The molecule has 2 aliphatic carbocycles. The van der Waals surface area contributed by atoms with Gasteiger partial charge in [0.1, 0.15) is 0 Å². The molecule has 2 rings (SSSR count). The third-order valence-electron chi connectivity index (χ3n) is 3.58. The van der Waals surface area contributed by atoms with Crippen LogP contribution in [-0.4, -0.2) is 22.5 Å². The first-order valence-electron chi connectivity index (χ1n) is 6.66. The highest BCUT2D eigenvalue weighted by Crippen LogP contribution is 2.17. The Kier molecular flexibility index (Phi) is 11.3.